The van der Waals surface area contributed by atoms with Crippen LogP contribution in [0.3, 0.4) is 0 Å². The van der Waals surface area contributed by atoms with Crippen LogP contribution in [0.2, 0.25) is 0 Å². The van der Waals surface area contributed by atoms with E-state index >= 15 is 0 Å². The molecule has 2 heterocycles. The van der Waals surface area contributed by atoms with E-state index in [-0.39, 0.29) is 30.6 Å². The van der Waals surface area contributed by atoms with Crippen molar-refractivity contribution >= 4 is 29.3 Å². The zero-order valence-corrected chi connectivity index (χ0v) is 23.9. The number of aliphatic hydroxyl groups excluding tert-OH is 1. The van der Waals surface area contributed by atoms with Crippen molar-refractivity contribution in [2.75, 3.05) is 17.6 Å². The van der Waals surface area contributed by atoms with Crippen LogP contribution in [0.25, 0.3) is 0 Å². The molecule has 2 aromatic carbocycles. The van der Waals surface area contributed by atoms with Gasteiger partial charge >= 0.3 is 0 Å². The predicted octanol–water partition coefficient (Wildman–Crippen LogP) is 4.89. The summed E-state index contributed by atoms with van der Waals surface area (Å²) in [5.74, 6) is 0.634. The number of benzene rings is 2. The van der Waals surface area contributed by atoms with Crippen molar-refractivity contribution < 1.29 is 24.2 Å². The molecular weight excluding hydrogens is 528 g/mol. The molecule has 1 aliphatic rings. The summed E-state index contributed by atoms with van der Waals surface area (Å²) in [4.78, 5) is 27.9. The molecule has 3 N–H and O–H groups in total. The molecule has 0 saturated carbocycles. The van der Waals surface area contributed by atoms with Crippen molar-refractivity contribution in [2.45, 2.75) is 69.3 Å². The van der Waals surface area contributed by atoms with E-state index < -0.39 is 6.29 Å². The number of amides is 2. The summed E-state index contributed by atoms with van der Waals surface area (Å²) in [6.07, 6.45) is 6.41. The van der Waals surface area contributed by atoms with Crippen molar-refractivity contribution in [3.63, 3.8) is 0 Å². The van der Waals surface area contributed by atoms with Crippen molar-refractivity contribution in [3.05, 3.63) is 77.6 Å². The van der Waals surface area contributed by atoms with Crippen LogP contribution >= 0.6 is 11.8 Å². The van der Waals surface area contributed by atoms with Crippen LogP contribution < -0.4 is 10.6 Å². The zero-order chi connectivity index (χ0) is 28.3. The van der Waals surface area contributed by atoms with Gasteiger partial charge in [-0.2, -0.15) is 0 Å². The molecule has 1 aromatic heterocycles. The average molecular weight is 567 g/mol. The first-order valence-corrected chi connectivity index (χ1v) is 14.6. The number of carbonyl (C=O) groups excluding carboxylic acids is 2. The summed E-state index contributed by atoms with van der Waals surface area (Å²) >= 11 is 1.65. The van der Waals surface area contributed by atoms with Crippen molar-refractivity contribution in [1.82, 2.24) is 14.9 Å². The van der Waals surface area contributed by atoms with E-state index in [9.17, 15) is 14.7 Å². The Morgan fingerprint density at radius 1 is 1.10 bits per heavy atom. The highest BCUT2D eigenvalue weighted by Crippen LogP contribution is 2.39. The number of imidazole rings is 1. The second kappa shape index (κ2) is 15.0. The highest BCUT2D eigenvalue weighted by atomic mass is 32.2. The number of anilines is 1. The fraction of sp³-hybridized carbons (Fsp3) is 0.433. The molecule has 40 heavy (non-hydrogen) atoms. The van der Waals surface area contributed by atoms with Gasteiger partial charge in [-0.3, -0.25) is 9.59 Å². The number of aryl methyl sites for hydroxylation is 1. The monoisotopic (exact) mass is 566 g/mol. The molecule has 3 aromatic rings. The van der Waals surface area contributed by atoms with Gasteiger partial charge in [-0.25, -0.2) is 4.98 Å². The summed E-state index contributed by atoms with van der Waals surface area (Å²) in [5.41, 5.74) is 3.41. The minimum Gasteiger partial charge on any atom is -0.392 e. The van der Waals surface area contributed by atoms with E-state index in [0.717, 1.165) is 41.1 Å². The van der Waals surface area contributed by atoms with E-state index in [1.807, 2.05) is 66.3 Å². The van der Waals surface area contributed by atoms with Crippen molar-refractivity contribution in [2.24, 2.45) is 7.05 Å². The van der Waals surface area contributed by atoms with Gasteiger partial charge in [0.05, 0.1) is 18.8 Å². The molecule has 0 aliphatic carbocycles. The lowest BCUT2D eigenvalue weighted by Crippen LogP contribution is -2.31. The van der Waals surface area contributed by atoms with E-state index in [1.54, 1.807) is 18.0 Å². The Balaban J connectivity index is 1.40. The Kier molecular flexibility index (Phi) is 11.2. The fourth-order valence-electron chi connectivity index (χ4n) is 4.52. The summed E-state index contributed by atoms with van der Waals surface area (Å²) < 4.78 is 14.9. The van der Waals surface area contributed by atoms with Crippen LogP contribution in [0.4, 0.5) is 5.69 Å². The Hall–Kier alpha value is -3.18. The molecule has 0 radical (unpaired) electrons. The minimum absolute atomic E-state index is 0.00391. The Labute approximate surface area is 239 Å². The lowest BCUT2D eigenvalue weighted by molar-refractivity contribution is -0.245. The molecule has 3 atom stereocenters. The number of aliphatic hydroxyl groups is 1. The molecule has 9 nitrogen and oxygen atoms in total. The molecule has 2 amide bonds. The maximum Gasteiger partial charge on any atom is 0.224 e. The van der Waals surface area contributed by atoms with Crippen LogP contribution in [-0.2, 0) is 32.7 Å². The minimum atomic E-state index is -0.603. The molecule has 0 unspecified atom stereocenters. The van der Waals surface area contributed by atoms with Gasteiger partial charge in [-0.15, -0.1) is 0 Å². The normalized spacial score (nSPS) is 18.8. The predicted molar refractivity (Wildman–Crippen MR) is 155 cm³/mol. The average Bonchev–Trinajstić information content (AvgIpc) is 3.38. The van der Waals surface area contributed by atoms with E-state index in [1.165, 1.54) is 6.92 Å². The van der Waals surface area contributed by atoms with Gasteiger partial charge in [-0.1, -0.05) is 54.6 Å². The first kappa shape index (κ1) is 29.8. The van der Waals surface area contributed by atoms with Crippen LogP contribution in [-0.4, -0.2) is 44.9 Å². The number of hydrogen-bond donors (Lipinski definition) is 3. The number of unbranched alkanes of at least 4 members (excludes halogenated alkanes) is 2. The first-order chi connectivity index (χ1) is 19.4. The number of hydrogen-bond acceptors (Lipinski definition) is 7. The lowest BCUT2D eigenvalue weighted by Gasteiger charge is -2.36. The van der Waals surface area contributed by atoms with E-state index in [0.29, 0.717) is 30.8 Å². The molecule has 10 heteroatoms. The Morgan fingerprint density at radius 2 is 1.93 bits per heavy atom. The molecule has 1 aliphatic heterocycles. The highest BCUT2D eigenvalue weighted by molar-refractivity contribution is 7.99. The SMILES string of the molecule is CC(=O)NCCCCCC(=O)Nc1cccc([C@H]2O[C@@H](CSc3nccn3C)C[C@@H](c3ccc(CO)cc3)O2)c1. The number of aromatic nitrogens is 2. The Bertz CT molecular complexity index is 1250. The third-order valence-electron chi connectivity index (χ3n) is 6.69. The van der Waals surface area contributed by atoms with Gasteiger partial charge in [0.2, 0.25) is 11.8 Å². The zero-order valence-electron chi connectivity index (χ0n) is 23.0. The number of carbonyl (C=O) groups is 2. The van der Waals surface area contributed by atoms with Crippen molar-refractivity contribution in [3.8, 4) is 0 Å². The van der Waals surface area contributed by atoms with Gasteiger partial charge in [0, 0.05) is 62.8 Å². The molecule has 1 saturated heterocycles. The van der Waals surface area contributed by atoms with Gasteiger partial charge in [-0.05, 0) is 36.1 Å². The van der Waals surface area contributed by atoms with Gasteiger partial charge in [0.15, 0.2) is 11.4 Å². The number of nitrogens with one attached hydrogen (secondary N) is 2. The van der Waals surface area contributed by atoms with Crippen molar-refractivity contribution in [1.29, 1.82) is 0 Å². The second-order valence-electron chi connectivity index (χ2n) is 9.95. The number of thioether (sulfide) groups is 1. The standard InChI is InChI=1S/C30H38N4O5S/c1-21(36)31-14-5-3-4-9-28(37)33-25-8-6-7-24(17-25)29-38-26(20-40-30-32-15-16-34(30)2)18-27(39-29)23-12-10-22(19-35)11-13-23/h6-8,10-13,15-17,26-27,29,35H,3-5,9,14,18-20H2,1-2H3,(H,31,36)(H,33,37)/t26-,27+,29+/m1/s1. The summed E-state index contributed by atoms with van der Waals surface area (Å²) in [7, 11) is 1.97. The molecule has 1 fully saturated rings. The third kappa shape index (κ3) is 8.92. The van der Waals surface area contributed by atoms with Gasteiger partial charge < -0.3 is 29.8 Å². The summed E-state index contributed by atoms with van der Waals surface area (Å²) in [6, 6.07) is 15.4. The van der Waals surface area contributed by atoms with E-state index in [4.69, 9.17) is 9.47 Å². The van der Waals surface area contributed by atoms with Crippen LogP contribution in [0.15, 0.2) is 66.1 Å². The molecule has 4 rings (SSSR count). The van der Waals surface area contributed by atoms with Gasteiger partial charge in [0.1, 0.15) is 0 Å². The van der Waals surface area contributed by atoms with Crippen LogP contribution in [0.1, 0.15) is 68.1 Å². The van der Waals surface area contributed by atoms with Crippen LogP contribution in [0.5, 0.6) is 0 Å². The van der Waals surface area contributed by atoms with Crippen LogP contribution in [0, 0.1) is 0 Å². The quantitative estimate of drug-likeness (QED) is 0.199. The second-order valence-corrected chi connectivity index (χ2v) is 10.9. The fourth-order valence-corrected chi connectivity index (χ4v) is 5.47. The lowest BCUT2D eigenvalue weighted by atomic mass is 10.0. The Morgan fingerprint density at radius 3 is 2.65 bits per heavy atom. The largest absolute Gasteiger partial charge is 0.392 e. The summed E-state index contributed by atoms with van der Waals surface area (Å²) in [5, 5.41) is 16.1. The summed E-state index contributed by atoms with van der Waals surface area (Å²) in [6.45, 7) is 2.13. The molecule has 0 spiro atoms. The number of ether oxygens (including phenoxy) is 2. The molecular formula is C30H38N4O5S. The first-order valence-electron chi connectivity index (χ1n) is 13.7. The number of nitrogens with zero attached hydrogens (tertiary/aromatic N) is 2. The topological polar surface area (TPSA) is 115 Å². The smallest absolute Gasteiger partial charge is 0.224 e. The molecule has 0 bridgehead atoms. The maximum absolute atomic E-state index is 12.5. The van der Waals surface area contributed by atoms with E-state index in [2.05, 4.69) is 15.6 Å². The highest BCUT2D eigenvalue weighted by Gasteiger charge is 2.32. The maximum atomic E-state index is 12.5. The molecule has 214 valence electrons. The third-order valence-corrected chi connectivity index (χ3v) is 7.88. The number of rotatable bonds is 13. The van der Waals surface area contributed by atoms with Gasteiger partial charge in [0.25, 0.3) is 0 Å².